The molecule has 0 amide bonds. The summed E-state index contributed by atoms with van der Waals surface area (Å²) in [5.41, 5.74) is 8.39. The average molecular weight is 188 g/mol. The molecule has 2 N–H and O–H groups in total. The molecule has 0 radical (unpaired) electrons. The number of pyridine rings is 1. The second-order valence-electron chi connectivity index (χ2n) is 2.90. The molecule has 1 heterocycles. The monoisotopic (exact) mass is 188 g/mol. The van der Waals surface area contributed by atoms with Crippen LogP contribution in [0.2, 0.25) is 0 Å². The number of nitrogens with two attached hydrogens (primary N) is 1. The van der Waals surface area contributed by atoms with E-state index in [-0.39, 0.29) is 0 Å². The molecule has 14 heavy (non-hydrogen) atoms. The van der Waals surface area contributed by atoms with Crippen molar-refractivity contribution in [3.63, 3.8) is 0 Å². The minimum atomic E-state index is 0.764. The number of benzene rings is 1. The Hall–Kier alpha value is -1.57. The van der Waals surface area contributed by atoms with Crippen LogP contribution in [0.5, 0.6) is 0 Å². The summed E-state index contributed by atoms with van der Waals surface area (Å²) in [6.45, 7) is 5.97. The summed E-state index contributed by atoms with van der Waals surface area (Å²) >= 11 is 0. The number of fused-ring (bicyclic) bond motifs is 1. The molecule has 2 aromatic rings. The van der Waals surface area contributed by atoms with Crippen LogP contribution in [0.25, 0.3) is 10.9 Å². The highest BCUT2D eigenvalue weighted by atomic mass is 14.7. The second-order valence-corrected chi connectivity index (χ2v) is 2.90. The van der Waals surface area contributed by atoms with Crippen LogP contribution in [0.1, 0.15) is 19.5 Å². The molecule has 0 saturated carbocycles. The van der Waals surface area contributed by atoms with Crippen molar-refractivity contribution in [2.24, 2.45) is 0 Å². The number of nitrogen functional groups attached to an aromatic ring is 1. The van der Waals surface area contributed by atoms with E-state index in [2.05, 4.69) is 11.1 Å². The predicted molar refractivity (Wildman–Crippen MR) is 62.2 cm³/mol. The van der Waals surface area contributed by atoms with Gasteiger partial charge in [0.1, 0.15) is 0 Å². The summed E-state index contributed by atoms with van der Waals surface area (Å²) in [5, 5.41) is 1.13. The van der Waals surface area contributed by atoms with Crippen molar-refractivity contribution in [1.82, 2.24) is 4.98 Å². The lowest BCUT2D eigenvalue weighted by Crippen LogP contribution is -1.86. The summed E-state index contributed by atoms with van der Waals surface area (Å²) in [4.78, 5) is 4.36. The molecule has 0 saturated heterocycles. The zero-order valence-electron chi connectivity index (χ0n) is 8.91. The number of hydrogen-bond acceptors (Lipinski definition) is 2. The maximum atomic E-state index is 5.63. The summed E-state index contributed by atoms with van der Waals surface area (Å²) in [6, 6.07) is 9.81. The fourth-order valence-electron chi connectivity index (χ4n) is 1.24. The molecule has 0 fully saturated rings. The van der Waals surface area contributed by atoms with E-state index in [1.807, 2.05) is 45.0 Å². The van der Waals surface area contributed by atoms with Crippen LogP contribution >= 0.6 is 0 Å². The molecule has 0 aliphatic rings. The lowest BCUT2D eigenvalue weighted by atomic mass is 10.2. The highest BCUT2D eigenvalue weighted by molar-refractivity contribution is 5.81. The van der Waals surface area contributed by atoms with Gasteiger partial charge < -0.3 is 5.73 Å². The SMILES string of the molecule is CC.Cc1ccc2ccc(N)cc2n1. The first-order valence-corrected chi connectivity index (χ1v) is 4.88. The molecule has 0 aliphatic carbocycles. The Bertz CT molecular complexity index is 385. The van der Waals surface area contributed by atoms with E-state index in [1.165, 1.54) is 0 Å². The lowest BCUT2D eigenvalue weighted by molar-refractivity contribution is 1.26. The van der Waals surface area contributed by atoms with Gasteiger partial charge in [-0.15, -0.1) is 0 Å². The van der Waals surface area contributed by atoms with Gasteiger partial charge in [-0.1, -0.05) is 26.0 Å². The molecule has 74 valence electrons. The fraction of sp³-hybridized carbons (Fsp3) is 0.250. The largest absolute Gasteiger partial charge is 0.399 e. The summed E-state index contributed by atoms with van der Waals surface area (Å²) in [7, 11) is 0. The van der Waals surface area contributed by atoms with Gasteiger partial charge in [0, 0.05) is 16.8 Å². The molecule has 0 unspecified atom stereocenters. The number of nitrogens with zero attached hydrogens (tertiary/aromatic N) is 1. The Labute approximate surface area is 84.8 Å². The van der Waals surface area contributed by atoms with Crippen molar-refractivity contribution in [2.45, 2.75) is 20.8 Å². The van der Waals surface area contributed by atoms with Crippen LogP contribution < -0.4 is 5.73 Å². The smallest absolute Gasteiger partial charge is 0.0725 e. The first-order chi connectivity index (χ1) is 6.75. The van der Waals surface area contributed by atoms with Crippen LogP contribution in [0, 0.1) is 6.92 Å². The third-order valence-electron chi connectivity index (χ3n) is 1.86. The minimum absolute atomic E-state index is 0.764. The average Bonchev–Trinajstić information content (AvgIpc) is 2.20. The Morgan fingerprint density at radius 1 is 1.07 bits per heavy atom. The van der Waals surface area contributed by atoms with Gasteiger partial charge in [0.25, 0.3) is 0 Å². The number of hydrogen-bond donors (Lipinski definition) is 1. The molecule has 2 heteroatoms. The molecule has 0 aliphatic heterocycles. The van der Waals surface area contributed by atoms with Crippen molar-refractivity contribution < 1.29 is 0 Å². The van der Waals surface area contributed by atoms with Crippen LogP contribution in [0.4, 0.5) is 5.69 Å². The first kappa shape index (κ1) is 10.5. The van der Waals surface area contributed by atoms with Gasteiger partial charge in [-0.05, 0) is 25.1 Å². The number of aryl methyl sites for hydroxylation is 1. The molecule has 2 nitrogen and oxygen atoms in total. The zero-order valence-corrected chi connectivity index (χ0v) is 8.91. The predicted octanol–water partition coefficient (Wildman–Crippen LogP) is 3.15. The number of rotatable bonds is 0. The van der Waals surface area contributed by atoms with E-state index in [4.69, 9.17) is 5.73 Å². The molecule has 1 aromatic heterocycles. The van der Waals surface area contributed by atoms with Gasteiger partial charge in [0.05, 0.1) is 5.52 Å². The maximum Gasteiger partial charge on any atom is 0.0725 e. The molecule has 0 spiro atoms. The molecule has 2 rings (SSSR count). The van der Waals surface area contributed by atoms with Gasteiger partial charge in [0.15, 0.2) is 0 Å². The van der Waals surface area contributed by atoms with E-state index in [0.717, 1.165) is 22.3 Å². The second kappa shape index (κ2) is 4.61. The van der Waals surface area contributed by atoms with E-state index in [9.17, 15) is 0 Å². The van der Waals surface area contributed by atoms with Crippen LogP contribution in [-0.4, -0.2) is 4.98 Å². The van der Waals surface area contributed by atoms with Crippen LogP contribution in [0.3, 0.4) is 0 Å². The molecule has 0 atom stereocenters. The summed E-state index contributed by atoms with van der Waals surface area (Å²) in [6.07, 6.45) is 0. The summed E-state index contributed by atoms with van der Waals surface area (Å²) in [5.74, 6) is 0. The molecule has 1 aromatic carbocycles. The fourth-order valence-corrected chi connectivity index (χ4v) is 1.24. The van der Waals surface area contributed by atoms with Gasteiger partial charge in [-0.2, -0.15) is 0 Å². The Balaban J connectivity index is 0.000000461. The normalized spacial score (nSPS) is 9.36. The topological polar surface area (TPSA) is 38.9 Å². The van der Waals surface area contributed by atoms with Gasteiger partial charge in [-0.25, -0.2) is 0 Å². The quantitative estimate of drug-likeness (QED) is 0.645. The third-order valence-corrected chi connectivity index (χ3v) is 1.86. The van der Waals surface area contributed by atoms with Crippen molar-refractivity contribution in [3.05, 3.63) is 36.0 Å². The van der Waals surface area contributed by atoms with E-state index >= 15 is 0 Å². The Morgan fingerprint density at radius 3 is 2.43 bits per heavy atom. The Morgan fingerprint density at radius 2 is 1.71 bits per heavy atom. The van der Waals surface area contributed by atoms with Crippen molar-refractivity contribution in [3.8, 4) is 0 Å². The van der Waals surface area contributed by atoms with Crippen LogP contribution in [0.15, 0.2) is 30.3 Å². The minimum Gasteiger partial charge on any atom is -0.399 e. The first-order valence-electron chi connectivity index (χ1n) is 4.88. The van der Waals surface area contributed by atoms with Gasteiger partial charge in [-0.3, -0.25) is 4.98 Å². The molecule has 0 bridgehead atoms. The highest BCUT2D eigenvalue weighted by Crippen LogP contribution is 2.15. The van der Waals surface area contributed by atoms with E-state index in [0.29, 0.717) is 0 Å². The number of aromatic nitrogens is 1. The zero-order chi connectivity index (χ0) is 10.6. The molecular weight excluding hydrogens is 172 g/mol. The van der Waals surface area contributed by atoms with Crippen molar-refractivity contribution in [1.29, 1.82) is 0 Å². The van der Waals surface area contributed by atoms with E-state index in [1.54, 1.807) is 0 Å². The van der Waals surface area contributed by atoms with Crippen LogP contribution in [-0.2, 0) is 0 Å². The highest BCUT2D eigenvalue weighted by Gasteiger charge is 1.94. The Kier molecular flexibility index (Phi) is 3.46. The third kappa shape index (κ3) is 2.22. The molecular formula is C12H16N2. The van der Waals surface area contributed by atoms with Crippen molar-refractivity contribution in [2.75, 3.05) is 5.73 Å². The standard InChI is InChI=1S/C10H10N2.C2H6/c1-7-2-3-8-4-5-9(11)6-10(8)12-7;1-2/h2-6H,11H2,1H3;1-2H3. The van der Waals surface area contributed by atoms with E-state index < -0.39 is 0 Å². The van der Waals surface area contributed by atoms with Gasteiger partial charge in [0.2, 0.25) is 0 Å². The lowest BCUT2D eigenvalue weighted by Gasteiger charge is -1.99. The maximum absolute atomic E-state index is 5.63. The van der Waals surface area contributed by atoms with Gasteiger partial charge >= 0.3 is 0 Å². The summed E-state index contributed by atoms with van der Waals surface area (Å²) < 4.78 is 0. The van der Waals surface area contributed by atoms with Crippen molar-refractivity contribution >= 4 is 16.6 Å². The number of anilines is 1.